The monoisotopic (exact) mass is 211 g/mol. The Morgan fingerprint density at radius 1 is 1.60 bits per heavy atom. The number of cyclic esters (lactones) is 1. The zero-order valence-electron chi connectivity index (χ0n) is 7.89. The molecule has 15 heavy (non-hydrogen) atoms. The third-order valence-electron chi connectivity index (χ3n) is 2.20. The predicted octanol–water partition coefficient (Wildman–Crippen LogP) is 1.14. The lowest BCUT2D eigenvalue weighted by molar-refractivity contribution is 0.0963. The average molecular weight is 211 g/mol. The summed E-state index contributed by atoms with van der Waals surface area (Å²) in [6, 6.07) is 5.68. The normalized spacial score (nSPS) is 20.5. The molecule has 1 aliphatic heterocycles. The lowest BCUT2D eigenvalue weighted by Crippen LogP contribution is -2.25. The average Bonchev–Trinajstić information content (AvgIpc) is 2.60. The molecule has 5 heteroatoms. The Balaban J connectivity index is 2.21. The van der Waals surface area contributed by atoms with Crippen molar-refractivity contribution in [3.05, 3.63) is 30.1 Å². The van der Waals surface area contributed by atoms with E-state index < -0.39 is 18.0 Å². The third-order valence-corrected chi connectivity index (χ3v) is 2.20. The first kappa shape index (κ1) is 9.92. The number of aliphatic hydroxyl groups excluding tert-OH is 1. The molecule has 0 spiro atoms. The minimum Gasteiger partial charge on any atom is -0.441 e. The first-order chi connectivity index (χ1) is 7.20. The molecule has 80 valence electrons. The number of hydrogen-bond acceptors (Lipinski definition) is 3. The van der Waals surface area contributed by atoms with Gasteiger partial charge < -0.3 is 9.84 Å². The van der Waals surface area contributed by atoms with E-state index in [1.165, 1.54) is 23.1 Å². The van der Waals surface area contributed by atoms with Crippen molar-refractivity contribution in [2.45, 2.75) is 6.10 Å². The molecule has 1 amide bonds. The molecule has 4 nitrogen and oxygen atoms in total. The maximum absolute atomic E-state index is 12.9. The van der Waals surface area contributed by atoms with E-state index in [4.69, 9.17) is 9.84 Å². The molecule has 2 rings (SSSR count). The van der Waals surface area contributed by atoms with E-state index in [2.05, 4.69) is 0 Å². The second kappa shape index (κ2) is 3.86. The molecule has 1 heterocycles. The van der Waals surface area contributed by atoms with Gasteiger partial charge in [0.25, 0.3) is 0 Å². The Bertz CT molecular complexity index is 383. The zero-order chi connectivity index (χ0) is 10.8. The van der Waals surface area contributed by atoms with Crippen LogP contribution in [0.1, 0.15) is 0 Å². The first-order valence-corrected chi connectivity index (χ1v) is 4.55. The number of nitrogens with zero attached hydrogens (tertiary/aromatic N) is 1. The van der Waals surface area contributed by atoms with Crippen molar-refractivity contribution < 1.29 is 19.0 Å². The molecule has 1 saturated heterocycles. The van der Waals surface area contributed by atoms with Crippen LogP contribution in [0.25, 0.3) is 0 Å². The fraction of sp³-hybridized carbons (Fsp3) is 0.300. The van der Waals surface area contributed by atoms with E-state index in [-0.39, 0.29) is 13.2 Å². The van der Waals surface area contributed by atoms with E-state index >= 15 is 0 Å². The number of carbonyl (C=O) groups is 1. The van der Waals surface area contributed by atoms with Gasteiger partial charge in [-0.25, -0.2) is 9.18 Å². The molecule has 0 saturated carbocycles. The van der Waals surface area contributed by atoms with Gasteiger partial charge in [0.05, 0.1) is 18.8 Å². The molecule has 0 unspecified atom stereocenters. The number of hydrogen-bond donors (Lipinski definition) is 1. The highest BCUT2D eigenvalue weighted by atomic mass is 19.1. The maximum Gasteiger partial charge on any atom is 0.414 e. The van der Waals surface area contributed by atoms with E-state index in [0.717, 1.165) is 0 Å². The van der Waals surface area contributed by atoms with Gasteiger partial charge >= 0.3 is 6.09 Å². The topological polar surface area (TPSA) is 49.8 Å². The predicted molar refractivity (Wildman–Crippen MR) is 51.1 cm³/mol. The van der Waals surface area contributed by atoms with Crippen LogP contribution in [-0.4, -0.2) is 30.5 Å². The number of carbonyl (C=O) groups excluding carboxylic acids is 1. The van der Waals surface area contributed by atoms with Crippen LogP contribution in [0, 0.1) is 5.82 Å². The van der Waals surface area contributed by atoms with Gasteiger partial charge in [-0.15, -0.1) is 0 Å². The number of halogens is 1. The van der Waals surface area contributed by atoms with Gasteiger partial charge in [-0.1, -0.05) is 6.07 Å². The largest absolute Gasteiger partial charge is 0.441 e. The Hall–Kier alpha value is -1.62. The van der Waals surface area contributed by atoms with E-state index in [9.17, 15) is 9.18 Å². The van der Waals surface area contributed by atoms with Crippen molar-refractivity contribution in [3.8, 4) is 0 Å². The molecule has 1 aromatic rings. The number of rotatable bonds is 2. The Morgan fingerprint density at radius 2 is 2.40 bits per heavy atom. The van der Waals surface area contributed by atoms with Gasteiger partial charge in [-0.05, 0) is 18.2 Å². The summed E-state index contributed by atoms with van der Waals surface area (Å²) in [6.45, 7) is 0.0241. The molecule has 1 atom stereocenters. The highest BCUT2D eigenvalue weighted by molar-refractivity contribution is 5.89. The van der Waals surface area contributed by atoms with Gasteiger partial charge in [-0.2, -0.15) is 0 Å². The lowest BCUT2D eigenvalue weighted by Gasteiger charge is -2.12. The first-order valence-electron chi connectivity index (χ1n) is 4.55. The summed E-state index contributed by atoms with van der Waals surface area (Å²) in [6.07, 6.45) is -1.08. The SMILES string of the molecule is O=C1O[C@H](CO)CN1c1cccc(F)c1. The highest BCUT2D eigenvalue weighted by Crippen LogP contribution is 2.21. The Labute approximate surface area is 85.9 Å². The van der Waals surface area contributed by atoms with Crippen LogP contribution >= 0.6 is 0 Å². The summed E-state index contributed by atoms with van der Waals surface area (Å²) >= 11 is 0. The number of benzene rings is 1. The van der Waals surface area contributed by atoms with Gasteiger partial charge in [0.2, 0.25) is 0 Å². The van der Waals surface area contributed by atoms with Crippen molar-refractivity contribution in [2.24, 2.45) is 0 Å². The lowest BCUT2D eigenvalue weighted by atomic mass is 10.2. The van der Waals surface area contributed by atoms with Crippen molar-refractivity contribution in [1.82, 2.24) is 0 Å². The fourth-order valence-electron chi connectivity index (χ4n) is 1.47. The third kappa shape index (κ3) is 1.92. The van der Waals surface area contributed by atoms with Crippen LogP contribution in [-0.2, 0) is 4.74 Å². The number of amides is 1. The highest BCUT2D eigenvalue weighted by Gasteiger charge is 2.31. The molecule has 1 N–H and O–H groups in total. The van der Waals surface area contributed by atoms with Gasteiger partial charge in [0, 0.05) is 0 Å². The second-order valence-corrected chi connectivity index (χ2v) is 3.28. The minimum absolute atomic E-state index is 0.225. The summed E-state index contributed by atoms with van der Waals surface area (Å²) in [7, 11) is 0. The van der Waals surface area contributed by atoms with Crippen LogP contribution in [0.15, 0.2) is 24.3 Å². The quantitative estimate of drug-likeness (QED) is 0.798. The molecule has 1 aromatic carbocycles. The molecule has 0 aliphatic carbocycles. The number of aliphatic hydroxyl groups is 1. The molecule has 1 fully saturated rings. The van der Waals surface area contributed by atoms with Crippen LogP contribution in [0.4, 0.5) is 14.9 Å². The Kier molecular flexibility index (Phi) is 2.55. The zero-order valence-corrected chi connectivity index (χ0v) is 7.89. The molecular formula is C10H10FNO3. The van der Waals surface area contributed by atoms with Crippen molar-refractivity contribution in [2.75, 3.05) is 18.1 Å². The number of anilines is 1. The molecule has 0 radical (unpaired) electrons. The summed E-state index contributed by atoms with van der Waals surface area (Å²) in [5, 5.41) is 8.83. The van der Waals surface area contributed by atoms with Gasteiger partial charge in [0.15, 0.2) is 0 Å². The van der Waals surface area contributed by atoms with Crippen LogP contribution in [0.3, 0.4) is 0 Å². The van der Waals surface area contributed by atoms with Gasteiger partial charge in [0.1, 0.15) is 11.9 Å². The summed E-state index contributed by atoms with van der Waals surface area (Å²) in [5.41, 5.74) is 0.441. The molecule has 1 aliphatic rings. The molecular weight excluding hydrogens is 201 g/mol. The maximum atomic E-state index is 12.9. The second-order valence-electron chi connectivity index (χ2n) is 3.28. The van der Waals surface area contributed by atoms with E-state index in [1.807, 2.05) is 0 Å². The van der Waals surface area contributed by atoms with E-state index in [0.29, 0.717) is 5.69 Å². The van der Waals surface area contributed by atoms with Crippen molar-refractivity contribution in [3.63, 3.8) is 0 Å². The number of ether oxygens (including phenoxy) is 1. The van der Waals surface area contributed by atoms with Crippen LogP contribution in [0.5, 0.6) is 0 Å². The molecule has 0 aromatic heterocycles. The molecule has 0 bridgehead atoms. The fourth-order valence-corrected chi connectivity index (χ4v) is 1.47. The summed E-state index contributed by atoms with van der Waals surface area (Å²) in [5.74, 6) is -0.409. The van der Waals surface area contributed by atoms with Crippen molar-refractivity contribution >= 4 is 11.8 Å². The van der Waals surface area contributed by atoms with Crippen LogP contribution < -0.4 is 4.90 Å². The van der Waals surface area contributed by atoms with Gasteiger partial charge in [-0.3, -0.25) is 4.90 Å². The minimum atomic E-state index is -0.556. The van der Waals surface area contributed by atoms with Crippen molar-refractivity contribution in [1.29, 1.82) is 0 Å². The standard InChI is InChI=1S/C10H10FNO3/c11-7-2-1-3-8(4-7)12-5-9(6-13)15-10(12)14/h1-4,9,13H,5-6H2/t9-/m0/s1. The Morgan fingerprint density at radius 3 is 3.00 bits per heavy atom. The van der Waals surface area contributed by atoms with E-state index in [1.54, 1.807) is 6.07 Å². The van der Waals surface area contributed by atoms with Crippen LogP contribution in [0.2, 0.25) is 0 Å². The summed E-state index contributed by atoms with van der Waals surface area (Å²) in [4.78, 5) is 12.6. The summed E-state index contributed by atoms with van der Waals surface area (Å²) < 4.78 is 17.7. The smallest absolute Gasteiger partial charge is 0.414 e.